The minimum absolute atomic E-state index is 0.0906. The number of rotatable bonds is 7. The minimum Gasteiger partial charge on any atom is -0.507 e. The quantitative estimate of drug-likeness (QED) is 0.284. The Kier molecular flexibility index (Phi) is 7.00. The number of benzene rings is 2. The molecule has 1 aliphatic rings. The van der Waals surface area contributed by atoms with Gasteiger partial charge in [-0.25, -0.2) is 4.68 Å². The van der Waals surface area contributed by atoms with Crippen molar-refractivity contribution in [2.75, 3.05) is 27.2 Å². The van der Waals surface area contributed by atoms with Crippen LogP contribution in [0.1, 0.15) is 29.3 Å². The molecule has 1 N–H and O–H groups in total. The highest BCUT2D eigenvalue weighted by atomic mass is 79.9. The summed E-state index contributed by atoms with van der Waals surface area (Å²) in [5.74, 6) is -1.48. The molecule has 1 atom stereocenters. The normalized spacial score (nSPS) is 17.7. The van der Waals surface area contributed by atoms with E-state index in [1.54, 1.807) is 9.58 Å². The smallest absolute Gasteiger partial charge is 0.295 e. The fraction of sp³-hybridized carbons (Fsp3) is 0.269. The minimum atomic E-state index is -0.679. The molecule has 0 unspecified atom stereocenters. The van der Waals surface area contributed by atoms with Gasteiger partial charge >= 0.3 is 0 Å². The number of hydrogen-bond donors (Lipinski definition) is 1. The standard InChI is InChI=1S/C26H27BrN4O3/c1-17-21(16-28-31(17)20-8-5-4-6-9-20)24(32)22-23(18-10-12-19(27)13-11-18)30(26(34)25(22)33)15-7-14-29(2)3/h4-6,8-13,16,23,32H,7,14-15H2,1-3H3/b24-22+/t23-/m1/s1. The number of halogens is 1. The fourth-order valence-corrected chi connectivity index (χ4v) is 4.54. The molecule has 1 aliphatic heterocycles. The first kappa shape index (κ1) is 23.9. The predicted molar refractivity (Wildman–Crippen MR) is 135 cm³/mol. The van der Waals surface area contributed by atoms with Crippen LogP contribution in [0.3, 0.4) is 0 Å². The molecule has 1 amide bonds. The maximum atomic E-state index is 13.2. The van der Waals surface area contributed by atoms with Gasteiger partial charge in [0.1, 0.15) is 5.76 Å². The number of amides is 1. The SMILES string of the molecule is Cc1c(/C(O)=C2\C(=O)C(=O)N(CCCN(C)C)[C@@H]2c2ccc(Br)cc2)cnn1-c1ccccc1. The molecule has 0 aliphatic carbocycles. The second-order valence-corrected chi connectivity index (χ2v) is 9.51. The summed E-state index contributed by atoms with van der Waals surface area (Å²) in [6.07, 6.45) is 2.24. The molecule has 1 saturated heterocycles. The molecular formula is C26H27BrN4O3. The van der Waals surface area contributed by atoms with E-state index in [9.17, 15) is 14.7 Å². The molecule has 1 fully saturated rings. The van der Waals surface area contributed by atoms with Gasteiger partial charge in [0.15, 0.2) is 0 Å². The van der Waals surface area contributed by atoms with Gasteiger partial charge in [-0.3, -0.25) is 9.59 Å². The first-order chi connectivity index (χ1) is 16.3. The topological polar surface area (TPSA) is 78.7 Å². The van der Waals surface area contributed by atoms with Crippen molar-refractivity contribution >= 4 is 33.4 Å². The van der Waals surface area contributed by atoms with E-state index < -0.39 is 17.7 Å². The van der Waals surface area contributed by atoms with Crippen LogP contribution in [0, 0.1) is 6.92 Å². The number of ketones is 1. The Morgan fingerprint density at radius 1 is 1.09 bits per heavy atom. The Bertz CT molecular complexity index is 1230. The van der Waals surface area contributed by atoms with Gasteiger partial charge in [-0.2, -0.15) is 5.10 Å². The number of para-hydroxylation sites is 1. The van der Waals surface area contributed by atoms with Gasteiger partial charge in [-0.15, -0.1) is 0 Å². The van der Waals surface area contributed by atoms with Gasteiger partial charge in [0, 0.05) is 11.0 Å². The molecule has 2 heterocycles. The third-order valence-corrected chi connectivity index (χ3v) is 6.52. The van der Waals surface area contributed by atoms with E-state index in [1.165, 1.54) is 6.20 Å². The van der Waals surface area contributed by atoms with Crippen LogP contribution in [0.2, 0.25) is 0 Å². The molecule has 8 heteroatoms. The number of nitrogens with zero attached hydrogens (tertiary/aromatic N) is 4. The van der Waals surface area contributed by atoms with Crippen molar-refractivity contribution in [1.29, 1.82) is 0 Å². The zero-order chi connectivity index (χ0) is 24.4. The Morgan fingerprint density at radius 2 is 1.76 bits per heavy atom. The van der Waals surface area contributed by atoms with Crippen LogP contribution in [-0.4, -0.2) is 63.6 Å². The average Bonchev–Trinajstić information content (AvgIpc) is 3.32. The van der Waals surface area contributed by atoms with Crippen molar-refractivity contribution in [2.45, 2.75) is 19.4 Å². The van der Waals surface area contributed by atoms with Crippen LogP contribution in [-0.2, 0) is 9.59 Å². The van der Waals surface area contributed by atoms with E-state index >= 15 is 0 Å². The van der Waals surface area contributed by atoms with Crippen molar-refractivity contribution in [1.82, 2.24) is 19.6 Å². The van der Waals surface area contributed by atoms with Crippen molar-refractivity contribution in [3.63, 3.8) is 0 Å². The second-order valence-electron chi connectivity index (χ2n) is 8.59. The highest BCUT2D eigenvalue weighted by molar-refractivity contribution is 9.10. The summed E-state index contributed by atoms with van der Waals surface area (Å²) in [5.41, 5.74) is 2.80. The predicted octanol–water partition coefficient (Wildman–Crippen LogP) is 4.32. The molecule has 0 radical (unpaired) electrons. The number of Topliss-reactive ketones (excluding diaryl/α,β-unsaturated/α-hetero) is 1. The Hall–Kier alpha value is -3.23. The Balaban J connectivity index is 1.80. The van der Waals surface area contributed by atoms with Gasteiger partial charge in [-0.05, 0) is 63.8 Å². The molecule has 2 aromatic carbocycles. The molecule has 7 nitrogen and oxygen atoms in total. The molecule has 0 saturated carbocycles. The molecule has 1 aromatic heterocycles. The molecule has 176 valence electrons. The van der Waals surface area contributed by atoms with Gasteiger partial charge in [-0.1, -0.05) is 46.3 Å². The number of hydrogen-bond acceptors (Lipinski definition) is 5. The van der Waals surface area contributed by atoms with E-state index in [-0.39, 0.29) is 11.3 Å². The lowest BCUT2D eigenvalue weighted by Gasteiger charge is -2.26. The average molecular weight is 523 g/mol. The second kappa shape index (κ2) is 9.95. The number of aliphatic hydroxyl groups is 1. The number of aliphatic hydroxyl groups excluding tert-OH is 1. The maximum Gasteiger partial charge on any atom is 0.295 e. The van der Waals surface area contributed by atoms with Gasteiger partial charge in [0.05, 0.1) is 34.8 Å². The summed E-state index contributed by atoms with van der Waals surface area (Å²) < 4.78 is 2.59. The number of carbonyl (C=O) groups is 2. The lowest BCUT2D eigenvalue weighted by molar-refractivity contribution is -0.139. The summed E-state index contributed by atoms with van der Waals surface area (Å²) in [7, 11) is 3.93. The van der Waals surface area contributed by atoms with Gasteiger partial charge in [0.25, 0.3) is 11.7 Å². The summed E-state index contributed by atoms with van der Waals surface area (Å²) in [6.45, 7) is 3.01. The third kappa shape index (κ3) is 4.56. The van der Waals surface area contributed by atoms with E-state index in [0.29, 0.717) is 24.2 Å². The fourth-order valence-electron chi connectivity index (χ4n) is 4.28. The van der Waals surface area contributed by atoms with Crippen LogP contribution < -0.4 is 0 Å². The van der Waals surface area contributed by atoms with Crippen LogP contribution in [0.4, 0.5) is 0 Å². The number of likely N-dealkylation sites (tertiary alicyclic amines) is 1. The van der Waals surface area contributed by atoms with Crippen LogP contribution in [0.15, 0.2) is 70.8 Å². The summed E-state index contributed by atoms with van der Waals surface area (Å²) >= 11 is 3.44. The zero-order valence-electron chi connectivity index (χ0n) is 19.4. The van der Waals surface area contributed by atoms with Crippen molar-refractivity contribution in [3.05, 3.63) is 87.7 Å². The third-order valence-electron chi connectivity index (χ3n) is 6.00. The molecule has 4 rings (SSSR count). The Morgan fingerprint density at radius 3 is 2.41 bits per heavy atom. The van der Waals surface area contributed by atoms with Crippen LogP contribution >= 0.6 is 15.9 Å². The Labute approximate surface area is 207 Å². The van der Waals surface area contributed by atoms with E-state index in [1.807, 2.05) is 80.5 Å². The van der Waals surface area contributed by atoms with Gasteiger partial charge in [0.2, 0.25) is 0 Å². The van der Waals surface area contributed by atoms with Gasteiger partial charge < -0.3 is 14.9 Å². The summed E-state index contributed by atoms with van der Waals surface area (Å²) in [5, 5.41) is 15.8. The molecule has 3 aromatic rings. The van der Waals surface area contributed by atoms with E-state index in [0.717, 1.165) is 22.3 Å². The summed E-state index contributed by atoms with van der Waals surface area (Å²) in [6, 6.07) is 16.4. The van der Waals surface area contributed by atoms with Crippen molar-refractivity contribution < 1.29 is 14.7 Å². The number of aromatic nitrogens is 2. The van der Waals surface area contributed by atoms with Crippen LogP contribution in [0.25, 0.3) is 11.4 Å². The molecule has 34 heavy (non-hydrogen) atoms. The molecule has 0 bridgehead atoms. The number of carbonyl (C=O) groups excluding carboxylic acids is 2. The first-order valence-electron chi connectivity index (χ1n) is 11.1. The van der Waals surface area contributed by atoms with Crippen molar-refractivity contribution in [3.8, 4) is 5.69 Å². The lowest BCUT2D eigenvalue weighted by Crippen LogP contribution is -2.32. The molecule has 0 spiro atoms. The zero-order valence-corrected chi connectivity index (χ0v) is 21.0. The maximum absolute atomic E-state index is 13.2. The lowest BCUT2D eigenvalue weighted by atomic mass is 9.95. The van der Waals surface area contributed by atoms with Crippen molar-refractivity contribution in [2.24, 2.45) is 0 Å². The summed E-state index contributed by atoms with van der Waals surface area (Å²) in [4.78, 5) is 29.9. The first-order valence-corrected chi connectivity index (χ1v) is 11.9. The highest BCUT2D eigenvalue weighted by Crippen LogP contribution is 2.40. The van der Waals surface area contributed by atoms with Crippen LogP contribution in [0.5, 0.6) is 0 Å². The van der Waals surface area contributed by atoms with E-state index in [4.69, 9.17) is 0 Å². The highest BCUT2D eigenvalue weighted by Gasteiger charge is 2.46. The monoisotopic (exact) mass is 522 g/mol. The van der Waals surface area contributed by atoms with E-state index in [2.05, 4.69) is 21.0 Å². The molecular weight excluding hydrogens is 496 g/mol. The largest absolute Gasteiger partial charge is 0.507 e.